The molecule has 0 bridgehead atoms. The highest BCUT2D eigenvalue weighted by Crippen LogP contribution is 2.27. The van der Waals surface area contributed by atoms with E-state index in [4.69, 9.17) is 0 Å². The average Bonchev–Trinajstić information content (AvgIpc) is 2.40. The molecule has 0 spiro atoms. The summed E-state index contributed by atoms with van der Waals surface area (Å²) < 4.78 is 13.4. The first-order valence-electron chi connectivity index (χ1n) is 7.01. The third-order valence-electron chi connectivity index (χ3n) is 3.66. The molecule has 1 aliphatic rings. The summed E-state index contributed by atoms with van der Waals surface area (Å²) in [5, 5.41) is 3.37. The van der Waals surface area contributed by atoms with Gasteiger partial charge < -0.3 is 5.32 Å². The van der Waals surface area contributed by atoms with Gasteiger partial charge in [-0.1, -0.05) is 31.9 Å². The number of hydrogen-bond donors (Lipinski definition) is 1. The van der Waals surface area contributed by atoms with E-state index in [2.05, 4.69) is 23.2 Å². The lowest BCUT2D eigenvalue weighted by Gasteiger charge is -2.35. The van der Waals surface area contributed by atoms with Gasteiger partial charge in [0.2, 0.25) is 0 Å². The second-order valence-electron chi connectivity index (χ2n) is 5.00. The Balaban J connectivity index is 0.00000180. The number of benzene rings is 1. The minimum atomic E-state index is -0.121. The van der Waals surface area contributed by atoms with E-state index in [0.29, 0.717) is 6.04 Å². The summed E-state index contributed by atoms with van der Waals surface area (Å²) in [4.78, 5) is 2.49. The van der Waals surface area contributed by atoms with Crippen molar-refractivity contribution >= 4 is 24.8 Å². The molecule has 0 saturated carbocycles. The van der Waals surface area contributed by atoms with Gasteiger partial charge in [0.15, 0.2) is 0 Å². The molecule has 0 aromatic heterocycles. The van der Waals surface area contributed by atoms with Crippen LogP contribution < -0.4 is 5.32 Å². The van der Waals surface area contributed by atoms with Crippen LogP contribution in [0.3, 0.4) is 0 Å². The quantitative estimate of drug-likeness (QED) is 0.886. The first kappa shape index (κ1) is 19.7. The minimum Gasteiger partial charge on any atom is -0.314 e. The Morgan fingerprint density at radius 2 is 1.95 bits per heavy atom. The Bertz CT molecular complexity index is 371. The highest BCUT2D eigenvalue weighted by molar-refractivity contribution is 5.85. The van der Waals surface area contributed by atoms with E-state index in [1.165, 1.54) is 18.9 Å². The van der Waals surface area contributed by atoms with E-state index in [1.54, 1.807) is 6.07 Å². The topological polar surface area (TPSA) is 15.3 Å². The molecule has 0 aliphatic carbocycles. The Morgan fingerprint density at radius 1 is 1.25 bits per heavy atom. The van der Waals surface area contributed by atoms with E-state index in [-0.39, 0.29) is 30.6 Å². The number of hydrogen-bond acceptors (Lipinski definition) is 2. The number of halogens is 3. The van der Waals surface area contributed by atoms with Crippen molar-refractivity contribution in [1.82, 2.24) is 10.2 Å². The van der Waals surface area contributed by atoms with Gasteiger partial charge in [0.25, 0.3) is 0 Å². The van der Waals surface area contributed by atoms with Crippen LogP contribution in [0.5, 0.6) is 0 Å². The van der Waals surface area contributed by atoms with Gasteiger partial charge in [-0.25, -0.2) is 4.39 Å². The molecule has 1 heterocycles. The lowest BCUT2D eigenvalue weighted by Crippen LogP contribution is -2.45. The monoisotopic (exact) mass is 322 g/mol. The fraction of sp³-hybridized carbons (Fsp3) is 0.600. The minimum absolute atomic E-state index is 0. The lowest BCUT2D eigenvalue weighted by molar-refractivity contribution is 0.163. The maximum absolute atomic E-state index is 13.4. The third-order valence-corrected chi connectivity index (χ3v) is 3.66. The molecule has 1 aromatic carbocycles. The van der Waals surface area contributed by atoms with Crippen molar-refractivity contribution in [2.24, 2.45) is 0 Å². The summed E-state index contributed by atoms with van der Waals surface area (Å²) in [5.41, 5.74) is 1.13. The molecule has 0 unspecified atom stereocenters. The second-order valence-corrected chi connectivity index (χ2v) is 5.00. The zero-order valence-corrected chi connectivity index (χ0v) is 13.6. The standard InChI is InChI=1S/C15H23FN2.2ClH/c1-2-3-7-15(18-10-8-17-9-11-18)13-5-4-6-14(16)12-13;;/h4-6,12,15,17H,2-3,7-11H2,1H3;2*1H/t15-;;/m0../s1. The molecule has 20 heavy (non-hydrogen) atoms. The predicted molar refractivity (Wildman–Crippen MR) is 87.6 cm³/mol. The second kappa shape index (κ2) is 10.4. The molecule has 5 heteroatoms. The summed E-state index contributed by atoms with van der Waals surface area (Å²) in [7, 11) is 0. The summed E-state index contributed by atoms with van der Waals surface area (Å²) in [6.07, 6.45) is 3.52. The van der Waals surface area contributed by atoms with Crippen LogP contribution in [-0.2, 0) is 0 Å². The number of piperazine rings is 1. The van der Waals surface area contributed by atoms with Gasteiger partial charge >= 0.3 is 0 Å². The highest BCUT2D eigenvalue weighted by Gasteiger charge is 2.21. The van der Waals surface area contributed by atoms with E-state index < -0.39 is 0 Å². The van der Waals surface area contributed by atoms with Crippen LogP contribution in [0.2, 0.25) is 0 Å². The van der Waals surface area contributed by atoms with Crippen LogP contribution in [0.15, 0.2) is 24.3 Å². The van der Waals surface area contributed by atoms with Crippen LogP contribution in [0, 0.1) is 5.82 Å². The molecule has 2 nitrogen and oxygen atoms in total. The van der Waals surface area contributed by atoms with Crippen molar-refractivity contribution in [3.05, 3.63) is 35.6 Å². The van der Waals surface area contributed by atoms with Crippen LogP contribution in [0.25, 0.3) is 0 Å². The largest absolute Gasteiger partial charge is 0.314 e. The Labute approximate surface area is 133 Å². The van der Waals surface area contributed by atoms with E-state index in [9.17, 15) is 4.39 Å². The smallest absolute Gasteiger partial charge is 0.123 e. The molecular weight excluding hydrogens is 298 g/mol. The van der Waals surface area contributed by atoms with Gasteiger partial charge in [-0.3, -0.25) is 4.90 Å². The van der Waals surface area contributed by atoms with Gasteiger partial charge in [0, 0.05) is 32.2 Å². The number of unbranched alkanes of at least 4 members (excludes halogenated alkanes) is 1. The predicted octanol–water partition coefficient (Wildman–Crippen LogP) is 3.81. The van der Waals surface area contributed by atoms with Gasteiger partial charge in [0.1, 0.15) is 5.82 Å². The molecule has 2 rings (SSSR count). The van der Waals surface area contributed by atoms with Crippen molar-refractivity contribution in [3.63, 3.8) is 0 Å². The first-order chi connectivity index (χ1) is 8.81. The summed E-state index contributed by atoms with van der Waals surface area (Å²) >= 11 is 0. The van der Waals surface area contributed by atoms with Crippen molar-refractivity contribution in [1.29, 1.82) is 0 Å². The summed E-state index contributed by atoms with van der Waals surface area (Å²) in [6, 6.07) is 7.49. The van der Waals surface area contributed by atoms with E-state index >= 15 is 0 Å². The molecule has 1 aliphatic heterocycles. The van der Waals surface area contributed by atoms with Gasteiger partial charge in [0.05, 0.1) is 0 Å². The average molecular weight is 323 g/mol. The number of nitrogens with zero attached hydrogens (tertiary/aromatic N) is 1. The first-order valence-corrected chi connectivity index (χ1v) is 7.01. The van der Waals surface area contributed by atoms with Crippen LogP contribution in [-0.4, -0.2) is 31.1 Å². The van der Waals surface area contributed by atoms with Gasteiger partial charge in [-0.05, 0) is 24.1 Å². The fourth-order valence-electron chi connectivity index (χ4n) is 2.67. The Hall–Kier alpha value is -0.350. The molecule has 0 amide bonds. The molecule has 1 fully saturated rings. The maximum Gasteiger partial charge on any atom is 0.123 e. The zero-order chi connectivity index (χ0) is 12.8. The lowest BCUT2D eigenvalue weighted by atomic mass is 9.98. The van der Waals surface area contributed by atoms with Crippen molar-refractivity contribution in [2.45, 2.75) is 32.2 Å². The zero-order valence-electron chi connectivity index (χ0n) is 12.0. The fourth-order valence-corrected chi connectivity index (χ4v) is 2.67. The molecule has 1 saturated heterocycles. The normalized spacial score (nSPS) is 16.9. The molecule has 1 aromatic rings. The highest BCUT2D eigenvalue weighted by atomic mass is 35.5. The maximum atomic E-state index is 13.4. The van der Waals surface area contributed by atoms with Crippen LogP contribution >= 0.6 is 24.8 Å². The van der Waals surface area contributed by atoms with E-state index in [0.717, 1.165) is 38.2 Å². The van der Waals surface area contributed by atoms with Crippen molar-refractivity contribution < 1.29 is 4.39 Å². The molecule has 1 atom stereocenters. The summed E-state index contributed by atoms with van der Waals surface area (Å²) in [6.45, 7) is 6.41. The molecule has 1 N–H and O–H groups in total. The van der Waals surface area contributed by atoms with Gasteiger partial charge in [-0.15, -0.1) is 24.8 Å². The molecular formula is C15H25Cl2FN2. The SMILES string of the molecule is CCCC[C@@H](c1cccc(F)c1)N1CCNCC1.Cl.Cl. The Morgan fingerprint density at radius 3 is 2.55 bits per heavy atom. The third kappa shape index (κ3) is 5.57. The number of rotatable bonds is 5. The van der Waals surface area contributed by atoms with E-state index in [1.807, 2.05) is 6.07 Å². The van der Waals surface area contributed by atoms with Crippen molar-refractivity contribution in [2.75, 3.05) is 26.2 Å². The van der Waals surface area contributed by atoms with Crippen LogP contribution in [0.4, 0.5) is 4.39 Å². The number of nitrogens with one attached hydrogen (secondary N) is 1. The van der Waals surface area contributed by atoms with Crippen molar-refractivity contribution in [3.8, 4) is 0 Å². The van der Waals surface area contributed by atoms with Crippen LogP contribution in [0.1, 0.15) is 37.8 Å². The van der Waals surface area contributed by atoms with Gasteiger partial charge in [-0.2, -0.15) is 0 Å². The Kier molecular flexibility index (Phi) is 10.2. The molecule has 116 valence electrons. The molecule has 0 radical (unpaired) electrons. The summed E-state index contributed by atoms with van der Waals surface area (Å²) in [5.74, 6) is -0.121.